The van der Waals surface area contributed by atoms with Crippen molar-refractivity contribution in [1.29, 1.82) is 0 Å². The summed E-state index contributed by atoms with van der Waals surface area (Å²) in [6.45, 7) is -0.528. The van der Waals surface area contributed by atoms with E-state index >= 15 is 0 Å². The monoisotopic (exact) mass is 192 g/mol. The topological polar surface area (TPSA) is 105 Å². The summed E-state index contributed by atoms with van der Waals surface area (Å²) in [5.41, 5.74) is 11.8. The van der Waals surface area contributed by atoms with Gasteiger partial charge < -0.3 is 21.7 Å². The second-order valence-electron chi connectivity index (χ2n) is 0.571. The molecule has 0 bridgehead atoms. The Morgan fingerprint density at radius 1 is 1.40 bits per heavy atom. The molecule has 10 heavy (non-hydrogen) atoms. The van der Waals surface area contributed by atoms with Crippen molar-refractivity contribution in [2.75, 3.05) is 20.7 Å². The molecule has 4 N–H and O–H groups in total. The van der Waals surface area contributed by atoms with Gasteiger partial charge in [-0.05, 0) is 0 Å². The Bertz CT molecular complexity index is 53.8. The van der Waals surface area contributed by atoms with E-state index in [0.717, 1.165) is 7.11 Å². The van der Waals surface area contributed by atoms with Crippen LogP contribution in [0.3, 0.4) is 0 Å². The van der Waals surface area contributed by atoms with E-state index in [1.54, 1.807) is 0 Å². The molecule has 64 valence electrons. The largest absolute Gasteiger partial charge is 2.00 e. The van der Waals surface area contributed by atoms with E-state index in [1.165, 1.54) is 7.05 Å². The van der Waals surface area contributed by atoms with Gasteiger partial charge in [0.25, 0.3) is 5.97 Å². The summed E-state index contributed by atoms with van der Waals surface area (Å²) in [5.74, 6) is -1.08. The molecule has 0 rings (SSSR count). The Labute approximate surface area is 70.9 Å². The van der Waals surface area contributed by atoms with Gasteiger partial charge in [0.15, 0.2) is 0 Å². The molecule has 5 nitrogen and oxygen atoms in total. The molecule has 0 amide bonds. The average molecular weight is 192 g/mol. The number of carboxylic acids is 1. The standard InChI is InChI=1S/C2H4NO2.CH4N.CH4O.Fe/c3-1-2(4)5;2*1-2;/h3H,1H2,(H,4,5);2*2H,1H3;/q2*-1;;+2. The molecule has 0 saturated carbocycles. The van der Waals surface area contributed by atoms with Gasteiger partial charge in [-0.15, -0.1) is 0 Å². The van der Waals surface area contributed by atoms with E-state index in [0.29, 0.717) is 0 Å². The Morgan fingerprint density at radius 3 is 1.50 bits per heavy atom. The van der Waals surface area contributed by atoms with Gasteiger partial charge in [0.2, 0.25) is 0 Å². The summed E-state index contributed by atoms with van der Waals surface area (Å²) in [4.78, 5) is 9.18. The van der Waals surface area contributed by atoms with Crippen molar-refractivity contribution in [1.82, 2.24) is 0 Å². The molecule has 0 fully saturated rings. The number of rotatable bonds is 1. The van der Waals surface area contributed by atoms with Crippen molar-refractivity contribution in [2.24, 2.45) is 0 Å². The van der Waals surface area contributed by atoms with E-state index in [2.05, 4.69) is 0 Å². The van der Waals surface area contributed by atoms with Crippen molar-refractivity contribution >= 4 is 5.97 Å². The van der Waals surface area contributed by atoms with Crippen LogP contribution in [0.2, 0.25) is 0 Å². The molecule has 0 unspecified atom stereocenters. The summed E-state index contributed by atoms with van der Waals surface area (Å²) in [7, 11) is 2.25. The van der Waals surface area contributed by atoms with Crippen molar-refractivity contribution in [3.63, 3.8) is 0 Å². The third-order valence-corrected chi connectivity index (χ3v) is 0.151. The second kappa shape index (κ2) is 36.7. The number of nitrogens with one attached hydrogen (secondary N) is 2. The maximum atomic E-state index is 9.18. The van der Waals surface area contributed by atoms with Crippen LogP contribution < -0.4 is 0 Å². The Balaban J connectivity index is -0.0000000315. The molecule has 0 atom stereocenters. The minimum atomic E-state index is -1.08. The van der Waals surface area contributed by atoms with Crippen LogP contribution in [0.1, 0.15) is 0 Å². The van der Waals surface area contributed by atoms with Crippen LogP contribution in [0.25, 0.3) is 11.5 Å². The number of aliphatic carboxylic acids is 1. The summed E-state index contributed by atoms with van der Waals surface area (Å²) in [5, 5.41) is 14.5. The minimum absolute atomic E-state index is 0. The molecule has 0 radical (unpaired) electrons. The molecule has 0 aromatic carbocycles. The Morgan fingerprint density at radius 2 is 1.50 bits per heavy atom. The molecule has 0 aromatic heterocycles. The predicted molar refractivity (Wildman–Crippen MR) is 35.2 cm³/mol. The van der Waals surface area contributed by atoms with Gasteiger partial charge >= 0.3 is 17.1 Å². The van der Waals surface area contributed by atoms with Crippen molar-refractivity contribution in [3.05, 3.63) is 11.5 Å². The number of carboxylic acid groups (broad SMARTS) is 1. The number of hydrogen-bond donors (Lipinski definition) is 2. The summed E-state index contributed by atoms with van der Waals surface area (Å²) < 4.78 is 0. The normalized spacial score (nSPS) is 4.90. The van der Waals surface area contributed by atoms with E-state index in [-0.39, 0.29) is 17.1 Å². The molecule has 0 heterocycles. The number of carbonyl (C=O) groups is 1. The van der Waals surface area contributed by atoms with E-state index in [9.17, 15) is 4.79 Å². The van der Waals surface area contributed by atoms with Crippen LogP contribution in [-0.2, 0) is 21.9 Å². The molecular formula is C4H12FeN2O3. The van der Waals surface area contributed by atoms with E-state index in [1.807, 2.05) is 0 Å². The SMILES string of the molecule is CO.C[NH-].[Fe+2].[NH-]CC(=O)O. The number of aliphatic hydroxyl groups excluding tert-OH is 1. The second-order valence-corrected chi connectivity index (χ2v) is 0.571. The minimum Gasteiger partial charge on any atom is -0.680 e. The van der Waals surface area contributed by atoms with Crippen LogP contribution in [0.5, 0.6) is 0 Å². The third-order valence-electron chi connectivity index (χ3n) is 0.151. The van der Waals surface area contributed by atoms with E-state index < -0.39 is 12.5 Å². The number of aliphatic hydroxyl groups is 1. The van der Waals surface area contributed by atoms with Crippen LogP contribution in [0, 0.1) is 0 Å². The summed E-state index contributed by atoms with van der Waals surface area (Å²) >= 11 is 0. The van der Waals surface area contributed by atoms with Gasteiger partial charge in [-0.2, -0.15) is 7.05 Å². The van der Waals surface area contributed by atoms with Crippen LogP contribution in [0.15, 0.2) is 0 Å². The van der Waals surface area contributed by atoms with Gasteiger partial charge in [0, 0.05) is 7.11 Å². The van der Waals surface area contributed by atoms with Crippen LogP contribution in [-0.4, -0.2) is 36.9 Å². The molecule has 0 spiro atoms. The van der Waals surface area contributed by atoms with Crippen molar-refractivity contribution < 1.29 is 32.1 Å². The zero-order chi connectivity index (χ0) is 8.28. The number of hydrogen-bond acceptors (Lipinski definition) is 2. The van der Waals surface area contributed by atoms with Gasteiger partial charge in [0.05, 0.1) is 0 Å². The molecule has 0 aliphatic rings. The van der Waals surface area contributed by atoms with E-state index in [4.69, 9.17) is 21.7 Å². The smallest absolute Gasteiger partial charge is 0.680 e. The third kappa shape index (κ3) is 106. The zero-order valence-corrected chi connectivity index (χ0v) is 6.97. The first-order chi connectivity index (χ1) is 4.27. The average Bonchev–Trinajstić information content (AvgIpc) is 1.97. The fourth-order valence-corrected chi connectivity index (χ4v) is 0. The zero-order valence-electron chi connectivity index (χ0n) is 5.86. The van der Waals surface area contributed by atoms with Crippen molar-refractivity contribution in [2.45, 2.75) is 0 Å². The van der Waals surface area contributed by atoms with Crippen LogP contribution in [0.4, 0.5) is 0 Å². The summed E-state index contributed by atoms with van der Waals surface area (Å²) in [6, 6.07) is 0. The first-order valence-electron chi connectivity index (χ1n) is 2.08. The summed E-state index contributed by atoms with van der Waals surface area (Å²) in [6.07, 6.45) is 0. The van der Waals surface area contributed by atoms with Crippen LogP contribution >= 0.6 is 0 Å². The predicted octanol–water partition coefficient (Wildman–Crippen LogP) is 0.398. The quantitative estimate of drug-likeness (QED) is 0.587. The molecule has 0 saturated heterocycles. The Kier molecular flexibility index (Phi) is 82.7. The molecule has 0 aliphatic heterocycles. The fourth-order valence-electron chi connectivity index (χ4n) is 0. The Hall–Kier alpha value is -0.131. The first-order valence-corrected chi connectivity index (χ1v) is 2.08. The van der Waals surface area contributed by atoms with Gasteiger partial charge in [-0.25, -0.2) is 0 Å². The van der Waals surface area contributed by atoms with Gasteiger partial charge in [-0.1, -0.05) is 6.54 Å². The van der Waals surface area contributed by atoms with Gasteiger partial charge in [-0.3, -0.25) is 4.79 Å². The maximum Gasteiger partial charge on any atom is 2.00 e. The van der Waals surface area contributed by atoms with Gasteiger partial charge in [0.1, 0.15) is 0 Å². The maximum absolute atomic E-state index is 9.18. The molecule has 0 aliphatic carbocycles. The first kappa shape index (κ1) is 22.5. The molecular weight excluding hydrogens is 180 g/mol. The van der Waals surface area contributed by atoms with Crippen molar-refractivity contribution in [3.8, 4) is 0 Å². The molecule has 0 aromatic rings. The molecule has 6 heteroatoms. The fraction of sp³-hybridized carbons (Fsp3) is 0.750.